The Hall–Kier alpha value is -2.83. The summed E-state index contributed by atoms with van der Waals surface area (Å²) < 4.78 is 1.73. The number of aromatic nitrogens is 4. The average Bonchev–Trinajstić information content (AvgIpc) is 3.40. The van der Waals surface area contributed by atoms with Crippen LogP contribution >= 0.6 is 23.2 Å². The monoisotopic (exact) mass is 438 g/mol. The smallest absolute Gasteiger partial charge is 0.229 e. The molecule has 0 aliphatic carbocycles. The fourth-order valence-corrected chi connectivity index (χ4v) is 4.10. The van der Waals surface area contributed by atoms with Gasteiger partial charge in [-0.1, -0.05) is 35.3 Å². The average molecular weight is 439 g/mol. The second-order valence-electron chi connectivity index (χ2n) is 7.45. The highest BCUT2D eigenvalue weighted by atomic mass is 35.5. The lowest BCUT2D eigenvalue weighted by molar-refractivity contribution is 0.873. The number of hydrogen-bond donors (Lipinski definition) is 1. The van der Waals surface area contributed by atoms with Gasteiger partial charge in [0.1, 0.15) is 5.82 Å². The Balaban J connectivity index is 1.69. The highest BCUT2D eigenvalue weighted by molar-refractivity contribution is 6.34. The summed E-state index contributed by atoms with van der Waals surface area (Å²) in [6, 6.07) is 13.5. The van der Waals surface area contributed by atoms with Gasteiger partial charge in [-0.2, -0.15) is 15.1 Å². The van der Waals surface area contributed by atoms with Gasteiger partial charge in [0, 0.05) is 23.8 Å². The fourth-order valence-electron chi connectivity index (χ4n) is 3.73. The van der Waals surface area contributed by atoms with E-state index >= 15 is 0 Å². The van der Waals surface area contributed by atoms with Crippen LogP contribution in [0.2, 0.25) is 10.0 Å². The molecule has 0 amide bonds. The molecule has 2 aromatic heterocycles. The van der Waals surface area contributed by atoms with Crippen LogP contribution < -0.4 is 10.2 Å². The summed E-state index contributed by atoms with van der Waals surface area (Å²) in [5.41, 5.74) is 3.51. The summed E-state index contributed by atoms with van der Waals surface area (Å²) in [4.78, 5) is 11.9. The lowest BCUT2D eigenvalue weighted by Gasteiger charge is -2.17. The highest BCUT2D eigenvalue weighted by Gasteiger charge is 2.21. The Morgan fingerprint density at radius 3 is 2.63 bits per heavy atom. The molecule has 1 N–H and O–H groups in total. The molecule has 0 unspecified atom stereocenters. The molecule has 3 heterocycles. The van der Waals surface area contributed by atoms with Crippen LogP contribution in [0.5, 0.6) is 0 Å². The Bertz CT molecular complexity index is 1230. The number of nitrogens with one attached hydrogen (secondary N) is 1. The summed E-state index contributed by atoms with van der Waals surface area (Å²) >= 11 is 12.7. The van der Waals surface area contributed by atoms with E-state index in [1.165, 1.54) is 5.56 Å². The molecule has 1 fully saturated rings. The zero-order valence-corrected chi connectivity index (χ0v) is 18.0. The van der Waals surface area contributed by atoms with Gasteiger partial charge in [-0.3, -0.25) is 0 Å². The lowest BCUT2D eigenvalue weighted by Crippen LogP contribution is -2.21. The van der Waals surface area contributed by atoms with Crippen LogP contribution in [0.4, 0.5) is 17.5 Å². The third kappa shape index (κ3) is 3.57. The third-order valence-corrected chi connectivity index (χ3v) is 5.78. The molecule has 0 spiro atoms. The van der Waals surface area contributed by atoms with Crippen molar-refractivity contribution in [1.82, 2.24) is 19.7 Å². The Morgan fingerprint density at radius 2 is 1.83 bits per heavy atom. The second-order valence-corrected chi connectivity index (χ2v) is 8.29. The van der Waals surface area contributed by atoms with Gasteiger partial charge in [0.05, 0.1) is 22.3 Å². The molecule has 1 aliphatic rings. The largest absolute Gasteiger partial charge is 0.341 e. The van der Waals surface area contributed by atoms with Crippen LogP contribution in [-0.2, 0) is 0 Å². The topological polar surface area (TPSA) is 58.9 Å². The Morgan fingerprint density at radius 1 is 1.00 bits per heavy atom. The SMILES string of the molecule is Cc1cccc(Nc2nc(N3CCCC3)nc3c2cnn3-c2cc(Cl)ccc2Cl)c1. The van der Waals surface area contributed by atoms with Gasteiger partial charge in [0.25, 0.3) is 0 Å². The predicted molar refractivity (Wildman–Crippen MR) is 123 cm³/mol. The first-order valence-corrected chi connectivity index (χ1v) is 10.6. The molecule has 152 valence electrons. The summed E-state index contributed by atoms with van der Waals surface area (Å²) in [6.07, 6.45) is 4.04. The number of halogens is 2. The first-order valence-electron chi connectivity index (χ1n) is 9.88. The quantitative estimate of drug-likeness (QED) is 0.437. The van der Waals surface area contributed by atoms with Crippen LogP contribution in [0.1, 0.15) is 18.4 Å². The first-order chi connectivity index (χ1) is 14.6. The predicted octanol–water partition coefficient (Wildman–Crippen LogP) is 5.77. The van der Waals surface area contributed by atoms with Crippen molar-refractivity contribution in [1.29, 1.82) is 0 Å². The summed E-state index contributed by atoms with van der Waals surface area (Å²) in [5.74, 6) is 1.41. The van der Waals surface area contributed by atoms with E-state index in [4.69, 9.17) is 33.2 Å². The van der Waals surface area contributed by atoms with E-state index < -0.39 is 0 Å². The van der Waals surface area contributed by atoms with E-state index in [1.54, 1.807) is 29.1 Å². The van der Waals surface area contributed by atoms with Crippen molar-refractivity contribution in [2.45, 2.75) is 19.8 Å². The van der Waals surface area contributed by atoms with Crippen molar-refractivity contribution < 1.29 is 0 Å². The van der Waals surface area contributed by atoms with E-state index in [9.17, 15) is 0 Å². The van der Waals surface area contributed by atoms with Crippen molar-refractivity contribution in [2.24, 2.45) is 0 Å². The molecule has 2 aromatic carbocycles. The number of benzene rings is 2. The third-order valence-electron chi connectivity index (χ3n) is 5.22. The molecular weight excluding hydrogens is 419 g/mol. The van der Waals surface area contributed by atoms with Gasteiger partial charge >= 0.3 is 0 Å². The van der Waals surface area contributed by atoms with E-state index in [0.29, 0.717) is 27.3 Å². The maximum Gasteiger partial charge on any atom is 0.229 e. The highest BCUT2D eigenvalue weighted by Crippen LogP contribution is 2.31. The van der Waals surface area contributed by atoms with Gasteiger partial charge in [-0.15, -0.1) is 0 Å². The molecule has 0 radical (unpaired) electrons. The van der Waals surface area contributed by atoms with E-state index in [2.05, 4.69) is 34.4 Å². The molecule has 5 rings (SSSR count). The van der Waals surface area contributed by atoms with Gasteiger partial charge in [0.2, 0.25) is 5.95 Å². The van der Waals surface area contributed by atoms with Gasteiger partial charge in [0.15, 0.2) is 5.65 Å². The number of hydrogen-bond acceptors (Lipinski definition) is 5. The molecule has 1 aliphatic heterocycles. The zero-order valence-electron chi connectivity index (χ0n) is 16.4. The summed E-state index contributed by atoms with van der Waals surface area (Å²) in [5, 5.41) is 9.98. The maximum atomic E-state index is 6.45. The van der Waals surface area contributed by atoms with Crippen LogP contribution in [0.3, 0.4) is 0 Å². The molecule has 0 atom stereocenters. The zero-order chi connectivity index (χ0) is 20.7. The normalized spacial score (nSPS) is 13.9. The fraction of sp³-hybridized carbons (Fsp3) is 0.227. The number of fused-ring (bicyclic) bond motifs is 1. The van der Waals surface area contributed by atoms with Crippen molar-refractivity contribution in [2.75, 3.05) is 23.3 Å². The second kappa shape index (κ2) is 7.78. The minimum Gasteiger partial charge on any atom is -0.341 e. The van der Waals surface area contributed by atoms with E-state index in [0.717, 1.165) is 42.8 Å². The summed E-state index contributed by atoms with van der Waals surface area (Å²) in [7, 11) is 0. The van der Waals surface area contributed by atoms with Crippen LogP contribution in [-0.4, -0.2) is 32.8 Å². The number of rotatable bonds is 4. The molecule has 0 saturated carbocycles. The van der Waals surface area contributed by atoms with Crippen molar-refractivity contribution >= 4 is 51.7 Å². The number of anilines is 3. The van der Waals surface area contributed by atoms with Crippen LogP contribution in [0.25, 0.3) is 16.7 Å². The minimum absolute atomic E-state index is 0.555. The number of nitrogens with zero attached hydrogens (tertiary/aromatic N) is 5. The van der Waals surface area contributed by atoms with Gasteiger partial charge in [-0.05, 0) is 55.7 Å². The van der Waals surface area contributed by atoms with Crippen LogP contribution in [0, 0.1) is 6.92 Å². The van der Waals surface area contributed by atoms with Crippen molar-refractivity contribution in [3.05, 3.63) is 64.3 Å². The minimum atomic E-state index is 0.555. The standard InChI is InChI=1S/C22H20Cl2N6/c1-14-5-4-6-16(11-14)26-20-17-13-25-30(19-12-15(23)7-8-18(19)24)21(17)28-22(27-20)29-9-2-3-10-29/h4-8,11-13H,2-3,9-10H2,1H3,(H,26,27,28). The van der Waals surface area contributed by atoms with Crippen LogP contribution in [0.15, 0.2) is 48.7 Å². The lowest BCUT2D eigenvalue weighted by atomic mass is 10.2. The van der Waals surface area contributed by atoms with Crippen molar-refractivity contribution in [3.8, 4) is 5.69 Å². The first kappa shape index (κ1) is 19.2. The van der Waals surface area contributed by atoms with Crippen molar-refractivity contribution in [3.63, 3.8) is 0 Å². The summed E-state index contributed by atoms with van der Waals surface area (Å²) in [6.45, 7) is 3.96. The van der Waals surface area contributed by atoms with Gasteiger partial charge < -0.3 is 10.2 Å². The number of aryl methyl sites for hydroxylation is 1. The van der Waals surface area contributed by atoms with Gasteiger partial charge in [-0.25, -0.2) is 4.68 Å². The Labute approximate surface area is 184 Å². The van der Waals surface area contributed by atoms with E-state index in [1.807, 2.05) is 12.1 Å². The van der Waals surface area contributed by atoms with E-state index in [-0.39, 0.29) is 0 Å². The molecular formula is C22H20Cl2N6. The molecule has 4 aromatic rings. The maximum absolute atomic E-state index is 6.45. The molecule has 30 heavy (non-hydrogen) atoms. The molecule has 0 bridgehead atoms. The molecule has 8 heteroatoms. The Kier molecular flexibility index (Phi) is 4.97. The molecule has 6 nitrogen and oxygen atoms in total. The molecule has 1 saturated heterocycles.